The second-order valence-electron chi connectivity index (χ2n) is 1.81. The minimum absolute atomic E-state index is 1.37. The summed E-state index contributed by atoms with van der Waals surface area (Å²) in [6.45, 7) is 0. The second kappa shape index (κ2) is 2.56. The maximum atomic E-state index is 3.75. The summed E-state index contributed by atoms with van der Waals surface area (Å²) in [4.78, 5) is 0. The van der Waals surface area contributed by atoms with Gasteiger partial charge in [-0.25, -0.2) is 0 Å². The zero-order chi connectivity index (χ0) is 5.33. The van der Waals surface area contributed by atoms with Gasteiger partial charge in [0, 0.05) is 0 Å². The first-order valence-electron chi connectivity index (χ1n) is 2.39. The van der Waals surface area contributed by atoms with E-state index in [-0.39, 0.29) is 0 Å². The van der Waals surface area contributed by atoms with Crippen LogP contribution < -0.4 is 0 Å². The molecule has 0 amide bonds. The van der Waals surface area contributed by atoms with Crippen molar-refractivity contribution >= 4 is 39.3 Å². The van der Waals surface area contributed by atoms with Crippen LogP contribution in [0.2, 0.25) is 8.94 Å². The molecule has 0 unspecified atom stereocenters. The molecule has 0 bridgehead atoms. The van der Waals surface area contributed by atoms with Gasteiger partial charge in [-0.15, -0.1) is 0 Å². The van der Waals surface area contributed by atoms with Gasteiger partial charge in [0.25, 0.3) is 0 Å². The average Bonchev–Trinajstić information content (AvgIpc) is 1.84. The van der Waals surface area contributed by atoms with Gasteiger partial charge in [-0.2, -0.15) is 0 Å². The van der Waals surface area contributed by atoms with Crippen LogP contribution in [0, 0.1) is 0 Å². The van der Waals surface area contributed by atoms with E-state index in [0.717, 1.165) is 0 Å². The summed E-state index contributed by atoms with van der Waals surface area (Å²) in [7, 11) is 0. The summed E-state index contributed by atoms with van der Waals surface area (Å²) in [6.07, 6.45) is 2.91. The van der Waals surface area contributed by atoms with Crippen molar-refractivity contribution in [1.82, 2.24) is 0 Å². The molecule has 0 aliphatic carbocycles. The van der Waals surface area contributed by atoms with E-state index < -0.39 is 13.8 Å². The number of halogens is 2. The molecule has 1 fully saturated rings. The van der Waals surface area contributed by atoms with Crippen LogP contribution in [0.4, 0.5) is 0 Å². The normalized spacial score (nSPS) is 32.9. The molecule has 1 rings (SSSR count). The summed E-state index contributed by atoms with van der Waals surface area (Å²) in [6, 6.07) is 0. The predicted octanol–water partition coefficient (Wildman–Crippen LogP) is 3.01. The molecule has 1 heterocycles. The molecule has 1 saturated heterocycles. The first kappa shape index (κ1) is 6.86. The van der Waals surface area contributed by atoms with Gasteiger partial charge in [0.05, 0.1) is 0 Å². The van der Waals surface area contributed by atoms with E-state index >= 15 is 0 Å². The zero-order valence-corrected chi connectivity index (χ0v) is 9.49. The van der Waals surface area contributed by atoms with E-state index in [0.29, 0.717) is 0 Å². The summed E-state index contributed by atoms with van der Waals surface area (Å²) < 4.78 is 2.95. The van der Waals surface area contributed by atoms with Crippen molar-refractivity contribution < 1.29 is 0 Å². The molecule has 0 atom stereocenters. The van der Waals surface area contributed by atoms with Gasteiger partial charge < -0.3 is 0 Å². The third-order valence-electron chi connectivity index (χ3n) is 1.14. The third kappa shape index (κ3) is 2.22. The van der Waals surface area contributed by atoms with Crippen LogP contribution in [0.25, 0.3) is 0 Å². The Morgan fingerprint density at radius 2 is 1.43 bits per heavy atom. The van der Waals surface area contributed by atoms with Gasteiger partial charge in [0.2, 0.25) is 0 Å². The molecule has 1 aliphatic heterocycles. The van der Waals surface area contributed by atoms with Gasteiger partial charge in [-0.1, -0.05) is 0 Å². The predicted molar refractivity (Wildman–Crippen MR) is 42.5 cm³/mol. The van der Waals surface area contributed by atoms with Crippen molar-refractivity contribution in [3.8, 4) is 0 Å². The summed E-state index contributed by atoms with van der Waals surface area (Å²) >= 11 is 6.13. The Morgan fingerprint density at radius 3 is 1.57 bits per heavy atom. The van der Waals surface area contributed by atoms with E-state index in [1.807, 2.05) is 0 Å². The second-order valence-corrected chi connectivity index (χ2v) is 30.6. The molecule has 0 radical (unpaired) electrons. The van der Waals surface area contributed by atoms with Crippen LogP contribution in [-0.2, 0) is 0 Å². The van der Waals surface area contributed by atoms with Crippen LogP contribution in [0.3, 0.4) is 0 Å². The van der Waals surface area contributed by atoms with Crippen molar-refractivity contribution in [3.63, 3.8) is 0 Å². The van der Waals surface area contributed by atoms with Gasteiger partial charge in [0.1, 0.15) is 0 Å². The van der Waals surface area contributed by atoms with Crippen molar-refractivity contribution in [2.45, 2.75) is 21.8 Å². The zero-order valence-electron chi connectivity index (χ0n) is 3.99. The van der Waals surface area contributed by atoms with Crippen molar-refractivity contribution in [2.24, 2.45) is 0 Å². The first-order valence-corrected chi connectivity index (χ1v) is 16.1. The van der Waals surface area contributed by atoms with Gasteiger partial charge >= 0.3 is 61.1 Å². The van der Waals surface area contributed by atoms with E-state index in [4.69, 9.17) is 0 Å². The number of hydrogen-bond donors (Lipinski definition) is 0. The van der Waals surface area contributed by atoms with Gasteiger partial charge in [-0.05, 0) is 0 Å². The molecule has 0 spiro atoms. The topological polar surface area (TPSA) is 0 Å². The Bertz CT molecular complexity index is 64.1. The van der Waals surface area contributed by atoms with E-state index in [1.165, 1.54) is 21.8 Å². The molecule has 0 aromatic carbocycles. The van der Waals surface area contributed by atoms with E-state index in [1.54, 1.807) is 0 Å². The quantitative estimate of drug-likeness (QED) is 0.593. The Morgan fingerprint density at radius 1 is 1.00 bits per heavy atom. The molecule has 0 saturated carbocycles. The Labute approximate surface area is 60.4 Å². The molecule has 0 nitrogen and oxygen atoms in total. The molecule has 0 N–H and O–H groups in total. The fourth-order valence-electron chi connectivity index (χ4n) is 0.729. The van der Waals surface area contributed by atoms with Crippen LogP contribution >= 0.6 is 25.5 Å². The van der Waals surface area contributed by atoms with Crippen molar-refractivity contribution in [1.29, 1.82) is 0 Å². The van der Waals surface area contributed by atoms with Crippen molar-refractivity contribution in [3.05, 3.63) is 0 Å². The monoisotopic (exact) mass is 344 g/mol. The molecule has 0 aromatic rings. The summed E-state index contributed by atoms with van der Waals surface area (Å²) in [5.74, 6) is 0. The fourth-order valence-corrected chi connectivity index (χ4v) is 11.0. The Balaban J connectivity index is 2.40. The van der Waals surface area contributed by atoms with E-state index in [9.17, 15) is 0 Å². The van der Waals surface area contributed by atoms with Crippen LogP contribution in [0.1, 0.15) is 12.8 Å². The van der Waals surface area contributed by atoms with Gasteiger partial charge in [-0.3, -0.25) is 0 Å². The number of hydrogen-bond acceptors (Lipinski definition) is 0. The molecule has 3 heteroatoms. The van der Waals surface area contributed by atoms with Crippen molar-refractivity contribution in [2.75, 3.05) is 0 Å². The summed E-state index contributed by atoms with van der Waals surface area (Å²) in [5, 5.41) is 0. The average molecular weight is 344 g/mol. The standard InChI is InChI=1S/C4H8Br2Te/c5-7(6)3-1-2-4-7/h1-4H2. The molecule has 1 aliphatic rings. The SMILES string of the molecule is Br[Te]1(Br)CCCC1. The number of rotatable bonds is 0. The fraction of sp³-hybridized carbons (Fsp3) is 1.00. The maximum absolute atomic E-state index is 3.75. The molecular formula is C4H8Br2Te. The van der Waals surface area contributed by atoms with E-state index in [2.05, 4.69) is 25.5 Å². The molecule has 7 heavy (non-hydrogen) atoms. The molecule has 44 valence electrons. The third-order valence-corrected chi connectivity index (χ3v) is 14.9. The van der Waals surface area contributed by atoms with Crippen LogP contribution in [0.5, 0.6) is 0 Å². The van der Waals surface area contributed by atoms with Gasteiger partial charge in [0.15, 0.2) is 0 Å². The first-order chi connectivity index (χ1) is 3.21. The Kier molecular flexibility index (Phi) is 2.51. The Hall–Kier alpha value is 1.75. The van der Waals surface area contributed by atoms with Crippen LogP contribution in [0.15, 0.2) is 0 Å². The summed E-state index contributed by atoms with van der Waals surface area (Å²) in [5.41, 5.74) is 0. The minimum atomic E-state index is -1.37. The van der Waals surface area contributed by atoms with Crippen LogP contribution in [-0.4, -0.2) is 13.8 Å². The molecule has 0 aromatic heterocycles. The molecular weight excluding hydrogens is 335 g/mol.